The molecule has 2 N–H and O–H groups in total. The number of halogens is 1. The average molecular weight is 165 g/mol. The maximum atomic E-state index is 9.54. The maximum absolute atomic E-state index is 9.54. The van der Waals surface area contributed by atoms with E-state index in [1.165, 1.54) is 0 Å². The highest BCUT2D eigenvalue weighted by molar-refractivity contribution is 6.19. The van der Waals surface area contributed by atoms with Gasteiger partial charge in [0.2, 0.25) is 0 Å². The minimum Gasteiger partial charge on any atom is -0.480 e. The Hall–Kier alpha value is -0.790. The highest BCUT2D eigenvalue weighted by Crippen LogP contribution is 1.61. The van der Waals surface area contributed by atoms with Crippen molar-refractivity contribution in [3.63, 3.8) is 0 Å². The normalized spacial score (nSPS) is 6.90. The molecule has 0 atom stereocenters. The molecular formula is C5H9ClN2O2. The van der Waals surface area contributed by atoms with E-state index in [1.54, 1.807) is 13.1 Å². The average Bonchev–Trinajstić information content (AvgIpc) is 1.89. The second-order valence-corrected chi connectivity index (χ2v) is 1.48. The number of carboxylic acids is 1. The van der Waals surface area contributed by atoms with Crippen molar-refractivity contribution >= 4 is 17.6 Å². The van der Waals surface area contributed by atoms with Crippen molar-refractivity contribution in [3.05, 3.63) is 0 Å². The van der Waals surface area contributed by atoms with Gasteiger partial charge in [-0.15, -0.1) is 11.6 Å². The molecule has 5 heteroatoms. The van der Waals surface area contributed by atoms with E-state index in [1.807, 2.05) is 0 Å². The molecule has 0 aromatic heterocycles. The first-order valence-corrected chi connectivity index (χ1v) is 3.01. The third kappa shape index (κ3) is 27.0. The van der Waals surface area contributed by atoms with Crippen LogP contribution in [0.3, 0.4) is 0 Å². The number of nitrogens with one attached hydrogen (secondary N) is 1. The van der Waals surface area contributed by atoms with Crippen LogP contribution in [0.25, 0.3) is 0 Å². The van der Waals surface area contributed by atoms with Gasteiger partial charge < -0.3 is 10.4 Å². The first-order chi connectivity index (χ1) is 4.68. The Labute approximate surface area is 64.4 Å². The first-order valence-electron chi connectivity index (χ1n) is 2.48. The molecule has 0 unspecified atom stereocenters. The van der Waals surface area contributed by atoms with Crippen LogP contribution in [0.5, 0.6) is 0 Å². The molecule has 10 heavy (non-hydrogen) atoms. The maximum Gasteiger partial charge on any atom is 0.317 e. The molecule has 0 saturated carbocycles. The largest absolute Gasteiger partial charge is 0.480 e. The van der Waals surface area contributed by atoms with E-state index < -0.39 is 5.97 Å². The summed E-state index contributed by atoms with van der Waals surface area (Å²) in [5, 5.41) is 17.8. The number of hydrogen-bond acceptors (Lipinski definition) is 3. The fourth-order valence-electron chi connectivity index (χ4n) is 0.151. The quantitative estimate of drug-likeness (QED) is 0.566. The standard InChI is InChI=1S/C3H7NO2.C2H2ClN/c1-4-2-3(5)6;3-1-2-4/h4H,2H2,1H3,(H,5,6);1H2. The zero-order valence-electron chi connectivity index (χ0n) is 5.59. The molecule has 0 bridgehead atoms. The van der Waals surface area contributed by atoms with Gasteiger partial charge in [-0.25, -0.2) is 0 Å². The zero-order chi connectivity index (χ0) is 8.41. The van der Waals surface area contributed by atoms with Gasteiger partial charge in [-0.3, -0.25) is 4.79 Å². The molecule has 0 aromatic carbocycles. The molecule has 0 rings (SSSR count). The molecule has 0 heterocycles. The number of carboxylic acid groups (broad SMARTS) is 1. The van der Waals surface area contributed by atoms with E-state index >= 15 is 0 Å². The second kappa shape index (κ2) is 11.1. The Bertz CT molecular complexity index is 121. The molecule has 0 amide bonds. The molecule has 58 valence electrons. The summed E-state index contributed by atoms with van der Waals surface area (Å²) in [5.41, 5.74) is 0. The molecule has 0 spiro atoms. The van der Waals surface area contributed by atoms with Crippen molar-refractivity contribution in [1.82, 2.24) is 5.32 Å². The summed E-state index contributed by atoms with van der Waals surface area (Å²) in [7, 11) is 1.59. The number of rotatable bonds is 2. The van der Waals surface area contributed by atoms with Crippen LogP contribution < -0.4 is 5.32 Å². The predicted octanol–water partition coefficient (Wildman–Crippen LogP) is 0.0392. The van der Waals surface area contributed by atoms with Crippen molar-refractivity contribution in [2.75, 3.05) is 19.5 Å². The third-order valence-electron chi connectivity index (χ3n) is 0.388. The molecule has 0 fully saturated rings. The minimum absolute atomic E-state index is 0.0417. The van der Waals surface area contributed by atoms with Gasteiger partial charge in [-0.2, -0.15) is 5.26 Å². The number of nitrogens with zero attached hydrogens (tertiary/aromatic N) is 1. The van der Waals surface area contributed by atoms with Crippen molar-refractivity contribution in [3.8, 4) is 6.07 Å². The van der Waals surface area contributed by atoms with E-state index in [-0.39, 0.29) is 12.4 Å². The lowest BCUT2D eigenvalue weighted by molar-refractivity contribution is -0.135. The molecule has 0 aliphatic carbocycles. The SMILES string of the molecule is CNCC(=O)O.N#CCCl. The highest BCUT2D eigenvalue weighted by atomic mass is 35.5. The smallest absolute Gasteiger partial charge is 0.317 e. The van der Waals surface area contributed by atoms with Crippen LogP contribution in [0, 0.1) is 11.3 Å². The second-order valence-electron chi connectivity index (χ2n) is 1.22. The van der Waals surface area contributed by atoms with Gasteiger partial charge in [0.15, 0.2) is 0 Å². The van der Waals surface area contributed by atoms with Crippen LogP contribution in [0.4, 0.5) is 0 Å². The van der Waals surface area contributed by atoms with Gasteiger partial charge >= 0.3 is 5.97 Å². The highest BCUT2D eigenvalue weighted by Gasteiger charge is 1.86. The summed E-state index contributed by atoms with van der Waals surface area (Å²) in [6.07, 6.45) is 0. The Morgan fingerprint density at radius 2 is 2.30 bits per heavy atom. The van der Waals surface area contributed by atoms with Gasteiger partial charge in [-0.1, -0.05) is 0 Å². The lowest BCUT2D eigenvalue weighted by Crippen LogP contribution is -2.16. The number of aliphatic carboxylic acids is 1. The Morgan fingerprint density at radius 3 is 2.30 bits per heavy atom. The van der Waals surface area contributed by atoms with E-state index in [9.17, 15) is 4.79 Å². The van der Waals surface area contributed by atoms with Crippen LogP contribution in [0.1, 0.15) is 0 Å². The summed E-state index contributed by atoms with van der Waals surface area (Å²) >= 11 is 4.82. The zero-order valence-corrected chi connectivity index (χ0v) is 6.35. The monoisotopic (exact) mass is 164 g/mol. The first kappa shape index (κ1) is 11.9. The number of likely N-dealkylation sites (N-methyl/N-ethyl adjacent to an activating group) is 1. The molecule has 4 nitrogen and oxygen atoms in total. The van der Waals surface area contributed by atoms with Crippen molar-refractivity contribution in [2.45, 2.75) is 0 Å². The molecule has 0 aliphatic heterocycles. The lowest BCUT2D eigenvalue weighted by atomic mass is 10.7. The Kier molecular flexibility index (Phi) is 13.2. The Balaban J connectivity index is 0. The molecular weight excluding hydrogens is 156 g/mol. The fraction of sp³-hybridized carbons (Fsp3) is 0.600. The van der Waals surface area contributed by atoms with Gasteiger partial charge in [0.1, 0.15) is 5.88 Å². The van der Waals surface area contributed by atoms with E-state index in [4.69, 9.17) is 22.0 Å². The number of carbonyl (C=O) groups is 1. The van der Waals surface area contributed by atoms with Gasteiger partial charge in [-0.05, 0) is 7.05 Å². The van der Waals surface area contributed by atoms with Crippen molar-refractivity contribution < 1.29 is 9.90 Å². The van der Waals surface area contributed by atoms with Crippen LogP contribution in [0.2, 0.25) is 0 Å². The van der Waals surface area contributed by atoms with Crippen LogP contribution in [-0.2, 0) is 4.79 Å². The van der Waals surface area contributed by atoms with Crippen molar-refractivity contribution in [2.24, 2.45) is 0 Å². The topological polar surface area (TPSA) is 73.1 Å². The minimum atomic E-state index is -0.822. The number of hydrogen-bond donors (Lipinski definition) is 2. The third-order valence-corrected chi connectivity index (χ3v) is 0.507. The fourth-order valence-corrected chi connectivity index (χ4v) is 0.151. The van der Waals surface area contributed by atoms with E-state index in [2.05, 4.69) is 5.32 Å². The summed E-state index contributed by atoms with van der Waals surface area (Å²) < 4.78 is 0. The molecule has 0 aromatic rings. The van der Waals surface area contributed by atoms with Crippen LogP contribution >= 0.6 is 11.6 Å². The summed E-state index contributed by atoms with van der Waals surface area (Å²) in [4.78, 5) is 9.54. The van der Waals surface area contributed by atoms with Crippen LogP contribution in [-0.4, -0.2) is 30.5 Å². The van der Waals surface area contributed by atoms with Crippen molar-refractivity contribution in [1.29, 1.82) is 5.26 Å². The van der Waals surface area contributed by atoms with Gasteiger partial charge in [0, 0.05) is 0 Å². The Morgan fingerprint density at radius 1 is 1.90 bits per heavy atom. The van der Waals surface area contributed by atoms with E-state index in [0.717, 1.165) is 0 Å². The predicted molar refractivity (Wildman–Crippen MR) is 37.9 cm³/mol. The van der Waals surface area contributed by atoms with Gasteiger partial charge in [0.25, 0.3) is 0 Å². The molecule has 0 aliphatic rings. The van der Waals surface area contributed by atoms with Crippen LogP contribution in [0.15, 0.2) is 0 Å². The number of nitriles is 1. The summed E-state index contributed by atoms with van der Waals surface area (Å²) in [5.74, 6) is -0.725. The molecule has 0 radical (unpaired) electrons. The summed E-state index contributed by atoms with van der Waals surface area (Å²) in [6.45, 7) is 0.0417. The van der Waals surface area contributed by atoms with E-state index in [0.29, 0.717) is 0 Å². The van der Waals surface area contributed by atoms with Gasteiger partial charge in [0.05, 0.1) is 12.6 Å². The molecule has 0 saturated heterocycles. The lowest BCUT2D eigenvalue weighted by Gasteiger charge is -1.84. The number of alkyl halides is 1. The summed E-state index contributed by atoms with van der Waals surface area (Å²) in [6, 6.07) is 1.70.